The molecule has 0 amide bonds. The molecule has 2 N–H and O–H groups in total. The van der Waals surface area contributed by atoms with Crippen LogP contribution in [0, 0.1) is 11.8 Å². The van der Waals surface area contributed by atoms with E-state index in [1.54, 1.807) is 0 Å². The molecule has 84 valence electrons. The molecule has 0 aromatic carbocycles. The van der Waals surface area contributed by atoms with Crippen molar-refractivity contribution in [1.29, 1.82) is 0 Å². The third-order valence-electron chi connectivity index (χ3n) is 3.09. The first-order valence-electron chi connectivity index (χ1n) is 6.18. The molecule has 1 rings (SSSR count). The number of aliphatic hydroxyl groups excluding tert-OH is 1. The van der Waals surface area contributed by atoms with Crippen molar-refractivity contribution >= 4 is 0 Å². The molecule has 14 heavy (non-hydrogen) atoms. The molecule has 0 spiro atoms. The zero-order chi connectivity index (χ0) is 10.2. The lowest BCUT2D eigenvalue weighted by Gasteiger charge is -2.15. The van der Waals surface area contributed by atoms with Crippen LogP contribution in [0.15, 0.2) is 0 Å². The first kappa shape index (κ1) is 12.0. The van der Waals surface area contributed by atoms with E-state index in [9.17, 15) is 0 Å². The lowest BCUT2D eigenvalue weighted by Crippen LogP contribution is -2.24. The summed E-state index contributed by atoms with van der Waals surface area (Å²) in [5.74, 6) is 1.72. The lowest BCUT2D eigenvalue weighted by molar-refractivity contribution is 0.248. The van der Waals surface area contributed by atoms with Crippen LogP contribution in [0.5, 0.6) is 0 Å². The molecule has 1 unspecified atom stereocenters. The van der Waals surface area contributed by atoms with Gasteiger partial charge < -0.3 is 10.4 Å². The van der Waals surface area contributed by atoms with Crippen LogP contribution in [0.2, 0.25) is 0 Å². The summed E-state index contributed by atoms with van der Waals surface area (Å²) in [6.45, 7) is 4.83. The molecule has 0 radical (unpaired) electrons. The van der Waals surface area contributed by atoms with Gasteiger partial charge in [0.05, 0.1) is 0 Å². The highest BCUT2D eigenvalue weighted by molar-refractivity contribution is 4.74. The van der Waals surface area contributed by atoms with E-state index >= 15 is 0 Å². The van der Waals surface area contributed by atoms with Crippen molar-refractivity contribution in [3.05, 3.63) is 0 Å². The Morgan fingerprint density at radius 2 is 2.14 bits per heavy atom. The van der Waals surface area contributed by atoms with Gasteiger partial charge in [0.25, 0.3) is 0 Å². The largest absolute Gasteiger partial charge is 0.396 e. The summed E-state index contributed by atoms with van der Waals surface area (Å²) in [6, 6.07) is 0. The maximum Gasteiger partial charge on any atom is 0.0434 e. The maximum atomic E-state index is 8.89. The lowest BCUT2D eigenvalue weighted by atomic mass is 10.0. The van der Waals surface area contributed by atoms with Crippen molar-refractivity contribution in [3.63, 3.8) is 0 Å². The van der Waals surface area contributed by atoms with Crippen LogP contribution in [0.4, 0.5) is 0 Å². The Morgan fingerprint density at radius 1 is 1.36 bits per heavy atom. The monoisotopic (exact) mass is 199 g/mol. The zero-order valence-corrected chi connectivity index (χ0v) is 9.47. The van der Waals surface area contributed by atoms with Crippen molar-refractivity contribution in [1.82, 2.24) is 5.32 Å². The summed E-state index contributed by atoms with van der Waals surface area (Å²) < 4.78 is 0. The molecule has 0 aromatic rings. The van der Waals surface area contributed by atoms with E-state index in [0.717, 1.165) is 18.9 Å². The van der Waals surface area contributed by atoms with Crippen molar-refractivity contribution < 1.29 is 5.11 Å². The summed E-state index contributed by atoms with van der Waals surface area (Å²) in [5.41, 5.74) is 0. The van der Waals surface area contributed by atoms with E-state index in [1.807, 2.05) is 0 Å². The van der Waals surface area contributed by atoms with Gasteiger partial charge in [-0.25, -0.2) is 0 Å². The molecule has 1 fully saturated rings. The second kappa shape index (κ2) is 7.24. The predicted octanol–water partition coefficient (Wildman–Crippen LogP) is 2.17. The summed E-state index contributed by atoms with van der Waals surface area (Å²) in [7, 11) is 0. The Morgan fingerprint density at radius 3 is 2.71 bits per heavy atom. The van der Waals surface area contributed by atoms with E-state index in [4.69, 9.17) is 5.11 Å². The smallest absolute Gasteiger partial charge is 0.0434 e. The molecular weight excluding hydrogens is 174 g/mol. The highest BCUT2D eigenvalue weighted by Gasteiger charge is 2.20. The van der Waals surface area contributed by atoms with Gasteiger partial charge >= 0.3 is 0 Å². The molecule has 0 saturated heterocycles. The predicted molar refractivity (Wildman–Crippen MR) is 60.3 cm³/mol. The third kappa shape index (κ3) is 5.61. The number of rotatable bonds is 9. The summed E-state index contributed by atoms with van der Waals surface area (Å²) in [4.78, 5) is 0. The highest BCUT2D eigenvalue weighted by atomic mass is 16.3. The Labute approximate surface area is 88.1 Å². The van der Waals surface area contributed by atoms with Crippen LogP contribution in [-0.4, -0.2) is 24.8 Å². The van der Waals surface area contributed by atoms with Crippen LogP contribution < -0.4 is 5.32 Å². The van der Waals surface area contributed by atoms with Crippen LogP contribution in [-0.2, 0) is 0 Å². The average Bonchev–Trinajstić information content (AvgIpc) is 2.96. The molecule has 0 aromatic heterocycles. The van der Waals surface area contributed by atoms with Gasteiger partial charge in [0.1, 0.15) is 0 Å². The fourth-order valence-electron chi connectivity index (χ4n) is 1.96. The van der Waals surface area contributed by atoms with E-state index in [-0.39, 0.29) is 0 Å². The molecule has 0 aliphatic heterocycles. The molecule has 1 aliphatic carbocycles. The van der Waals surface area contributed by atoms with Gasteiger partial charge in [-0.05, 0) is 44.2 Å². The van der Waals surface area contributed by atoms with Gasteiger partial charge in [0.2, 0.25) is 0 Å². The fourth-order valence-corrected chi connectivity index (χ4v) is 1.96. The van der Waals surface area contributed by atoms with Crippen molar-refractivity contribution in [2.24, 2.45) is 11.8 Å². The first-order valence-corrected chi connectivity index (χ1v) is 6.18. The third-order valence-corrected chi connectivity index (χ3v) is 3.09. The molecule has 0 bridgehead atoms. The van der Waals surface area contributed by atoms with Gasteiger partial charge in [0, 0.05) is 6.61 Å². The van der Waals surface area contributed by atoms with Gasteiger partial charge in [0.15, 0.2) is 0 Å². The van der Waals surface area contributed by atoms with Gasteiger partial charge in [-0.1, -0.05) is 26.2 Å². The minimum absolute atomic E-state index is 0.342. The molecule has 1 saturated carbocycles. The van der Waals surface area contributed by atoms with Crippen molar-refractivity contribution in [2.45, 2.75) is 45.4 Å². The Kier molecular flexibility index (Phi) is 6.20. The maximum absolute atomic E-state index is 8.89. The van der Waals surface area contributed by atoms with E-state index < -0.39 is 0 Å². The average molecular weight is 199 g/mol. The normalized spacial score (nSPS) is 18.4. The molecule has 2 heteroatoms. The zero-order valence-electron chi connectivity index (χ0n) is 9.47. The number of hydrogen-bond acceptors (Lipinski definition) is 2. The van der Waals surface area contributed by atoms with Crippen LogP contribution in [0.1, 0.15) is 45.4 Å². The summed E-state index contributed by atoms with van der Waals surface area (Å²) in [5, 5.41) is 12.4. The minimum Gasteiger partial charge on any atom is -0.396 e. The van der Waals surface area contributed by atoms with Gasteiger partial charge in [-0.3, -0.25) is 0 Å². The van der Waals surface area contributed by atoms with E-state index in [1.165, 1.54) is 38.6 Å². The quantitative estimate of drug-likeness (QED) is 0.558. The Balaban J connectivity index is 1.93. The number of aliphatic hydroxyl groups is 1. The second-order valence-electron chi connectivity index (χ2n) is 4.60. The van der Waals surface area contributed by atoms with Gasteiger partial charge in [-0.2, -0.15) is 0 Å². The van der Waals surface area contributed by atoms with Crippen molar-refractivity contribution in [3.8, 4) is 0 Å². The topological polar surface area (TPSA) is 32.3 Å². The van der Waals surface area contributed by atoms with Crippen LogP contribution >= 0.6 is 0 Å². The van der Waals surface area contributed by atoms with Crippen molar-refractivity contribution in [2.75, 3.05) is 19.7 Å². The van der Waals surface area contributed by atoms with E-state index in [0.29, 0.717) is 12.5 Å². The molecule has 1 aliphatic rings. The fraction of sp³-hybridized carbons (Fsp3) is 1.00. The SMILES string of the molecule is CCCC(CCO)CNCCC1CC1. The molecule has 2 nitrogen and oxygen atoms in total. The number of nitrogens with one attached hydrogen (secondary N) is 1. The van der Waals surface area contributed by atoms with E-state index in [2.05, 4.69) is 12.2 Å². The van der Waals surface area contributed by atoms with Crippen LogP contribution in [0.25, 0.3) is 0 Å². The second-order valence-corrected chi connectivity index (χ2v) is 4.60. The first-order chi connectivity index (χ1) is 6.86. The molecule has 0 heterocycles. The standard InChI is InChI=1S/C12H25NO/c1-2-3-12(7-9-14)10-13-8-6-11-4-5-11/h11-14H,2-10H2,1H3. The highest BCUT2D eigenvalue weighted by Crippen LogP contribution is 2.31. The summed E-state index contributed by atoms with van der Waals surface area (Å²) >= 11 is 0. The van der Waals surface area contributed by atoms with Gasteiger partial charge in [-0.15, -0.1) is 0 Å². The Bertz CT molecular complexity index is 128. The number of hydrogen-bond donors (Lipinski definition) is 2. The summed E-state index contributed by atoms with van der Waals surface area (Å²) in [6.07, 6.45) is 7.71. The molecular formula is C12H25NO. The van der Waals surface area contributed by atoms with Crippen LogP contribution in [0.3, 0.4) is 0 Å². The minimum atomic E-state index is 0.342. The Hall–Kier alpha value is -0.0800. The molecule has 1 atom stereocenters.